The number of hydrogen-bond acceptors (Lipinski definition) is 6. The molecule has 1 aliphatic heterocycles. The van der Waals surface area contributed by atoms with E-state index in [0.717, 1.165) is 0 Å². The minimum absolute atomic E-state index is 0.00816. The number of nitrogens with zero attached hydrogens (tertiary/aromatic N) is 1. The molecule has 1 aromatic carbocycles. The first kappa shape index (κ1) is 15.1. The van der Waals surface area contributed by atoms with Gasteiger partial charge in [-0.15, -0.1) is 0 Å². The SMILES string of the molecule is CC1CS(=O)(=O)CCN1c1ccc(N)cc1S(N)(=O)=O. The van der Waals surface area contributed by atoms with Crippen LogP contribution in [0.25, 0.3) is 0 Å². The summed E-state index contributed by atoms with van der Waals surface area (Å²) in [5.74, 6) is -0.0206. The van der Waals surface area contributed by atoms with Gasteiger partial charge >= 0.3 is 0 Å². The van der Waals surface area contributed by atoms with Gasteiger partial charge in [0.25, 0.3) is 0 Å². The quantitative estimate of drug-likeness (QED) is 0.711. The average Bonchev–Trinajstić information content (AvgIpc) is 2.27. The van der Waals surface area contributed by atoms with Crippen LogP contribution in [0.2, 0.25) is 0 Å². The lowest BCUT2D eigenvalue weighted by Gasteiger charge is -2.36. The minimum atomic E-state index is -3.93. The van der Waals surface area contributed by atoms with E-state index in [1.54, 1.807) is 24.0 Å². The van der Waals surface area contributed by atoms with Crippen molar-refractivity contribution in [1.82, 2.24) is 0 Å². The smallest absolute Gasteiger partial charge is 0.240 e. The van der Waals surface area contributed by atoms with Gasteiger partial charge in [0.1, 0.15) is 4.90 Å². The highest BCUT2D eigenvalue weighted by Crippen LogP contribution is 2.29. The molecule has 2 rings (SSSR count). The second kappa shape index (κ2) is 4.90. The predicted molar refractivity (Wildman–Crippen MR) is 77.7 cm³/mol. The van der Waals surface area contributed by atoms with Crippen LogP contribution in [-0.2, 0) is 19.9 Å². The van der Waals surface area contributed by atoms with Gasteiger partial charge < -0.3 is 10.6 Å². The van der Waals surface area contributed by atoms with E-state index in [0.29, 0.717) is 5.69 Å². The van der Waals surface area contributed by atoms with Gasteiger partial charge in [0.2, 0.25) is 10.0 Å². The third-order valence-corrected chi connectivity index (χ3v) is 6.01. The summed E-state index contributed by atoms with van der Waals surface area (Å²) in [5.41, 5.74) is 6.28. The molecule has 0 saturated carbocycles. The molecule has 0 amide bonds. The highest BCUT2D eigenvalue weighted by atomic mass is 32.2. The van der Waals surface area contributed by atoms with Crippen LogP contribution >= 0.6 is 0 Å². The molecule has 9 heteroatoms. The normalized spacial score (nSPS) is 22.7. The molecule has 0 spiro atoms. The van der Waals surface area contributed by atoms with Crippen molar-refractivity contribution in [1.29, 1.82) is 0 Å². The van der Waals surface area contributed by atoms with Crippen LogP contribution in [0, 0.1) is 0 Å². The van der Waals surface area contributed by atoms with Crippen molar-refractivity contribution in [2.75, 3.05) is 28.7 Å². The van der Waals surface area contributed by atoms with Crippen molar-refractivity contribution in [3.05, 3.63) is 18.2 Å². The molecule has 1 heterocycles. The van der Waals surface area contributed by atoms with Crippen LogP contribution in [0.5, 0.6) is 0 Å². The van der Waals surface area contributed by atoms with Gasteiger partial charge in [0, 0.05) is 18.3 Å². The van der Waals surface area contributed by atoms with Gasteiger partial charge in [0.05, 0.1) is 17.2 Å². The number of nitrogen functional groups attached to an aromatic ring is 1. The monoisotopic (exact) mass is 319 g/mol. The van der Waals surface area contributed by atoms with Gasteiger partial charge in [-0.2, -0.15) is 0 Å². The summed E-state index contributed by atoms with van der Waals surface area (Å²) in [6.45, 7) is 1.97. The first-order chi connectivity index (χ1) is 9.10. The van der Waals surface area contributed by atoms with Crippen LogP contribution < -0.4 is 15.8 Å². The Kier molecular flexibility index (Phi) is 3.69. The molecule has 1 fully saturated rings. The van der Waals surface area contributed by atoms with Crippen molar-refractivity contribution >= 4 is 31.2 Å². The molecule has 20 heavy (non-hydrogen) atoms. The number of rotatable bonds is 2. The molecule has 1 aliphatic rings. The average molecular weight is 319 g/mol. The Morgan fingerprint density at radius 2 is 2.00 bits per heavy atom. The maximum atomic E-state index is 11.7. The van der Waals surface area contributed by atoms with Crippen molar-refractivity contribution in [3.8, 4) is 0 Å². The lowest BCUT2D eigenvalue weighted by Crippen LogP contribution is -2.47. The molecular weight excluding hydrogens is 302 g/mol. The Balaban J connectivity index is 2.49. The fraction of sp³-hybridized carbons (Fsp3) is 0.455. The third-order valence-electron chi connectivity index (χ3n) is 3.27. The standard InChI is InChI=1S/C11H17N3O4S2/c1-8-7-19(15,16)5-4-14(8)10-3-2-9(12)6-11(10)20(13,17)18/h2-3,6,8H,4-5,7,12H2,1H3,(H2,13,17,18). The second-order valence-electron chi connectivity index (χ2n) is 4.93. The Morgan fingerprint density at radius 1 is 1.35 bits per heavy atom. The zero-order valence-corrected chi connectivity index (χ0v) is 12.6. The lowest BCUT2D eigenvalue weighted by molar-refractivity contribution is 0.567. The third kappa shape index (κ3) is 3.05. The lowest BCUT2D eigenvalue weighted by atomic mass is 10.2. The molecule has 1 unspecified atom stereocenters. The van der Waals surface area contributed by atoms with E-state index in [2.05, 4.69) is 0 Å². The van der Waals surface area contributed by atoms with Crippen LogP contribution in [0.3, 0.4) is 0 Å². The van der Waals surface area contributed by atoms with Crippen molar-refractivity contribution < 1.29 is 16.8 Å². The van der Waals surface area contributed by atoms with Crippen LogP contribution in [0.1, 0.15) is 6.92 Å². The van der Waals surface area contributed by atoms with E-state index >= 15 is 0 Å². The topological polar surface area (TPSA) is 124 Å². The summed E-state index contributed by atoms with van der Waals surface area (Å²) < 4.78 is 46.5. The number of nitrogens with two attached hydrogens (primary N) is 2. The van der Waals surface area contributed by atoms with Crippen molar-refractivity contribution in [3.63, 3.8) is 0 Å². The first-order valence-corrected chi connectivity index (χ1v) is 9.36. The predicted octanol–water partition coefficient (Wildman–Crippen LogP) is -0.460. The maximum Gasteiger partial charge on any atom is 0.240 e. The van der Waals surface area contributed by atoms with E-state index < -0.39 is 19.9 Å². The summed E-state index contributed by atoms with van der Waals surface area (Å²) >= 11 is 0. The molecule has 4 N–H and O–H groups in total. The molecule has 0 aromatic heterocycles. The Bertz CT molecular complexity index is 728. The fourth-order valence-corrected chi connectivity index (χ4v) is 4.69. The van der Waals surface area contributed by atoms with Gasteiger partial charge in [-0.25, -0.2) is 22.0 Å². The van der Waals surface area contributed by atoms with E-state index in [1.165, 1.54) is 6.07 Å². The molecule has 1 atom stereocenters. The van der Waals surface area contributed by atoms with E-state index in [9.17, 15) is 16.8 Å². The molecule has 1 saturated heterocycles. The van der Waals surface area contributed by atoms with E-state index in [1.807, 2.05) is 0 Å². The van der Waals surface area contributed by atoms with Crippen molar-refractivity contribution in [2.45, 2.75) is 17.9 Å². The number of sulfone groups is 1. The van der Waals surface area contributed by atoms with Crippen molar-refractivity contribution in [2.24, 2.45) is 5.14 Å². The van der Waals surface area contributed by atoms with Gasteiger partial charge in [-0.3, -0.25) is 0 Å². The number of primary sulfonamides is 1. The summed E-state index contributed by atoms with van der Waals surface area (Å²) in [7, 11) is -7.01. The fourth-order valence-electron chi connectivity index (χ4n) is 2.35. The van der Waals surface area contributed by atoms with Crippen LogP contribution in [0.15, 0.2) is 23.1 Å². The molecular formula is C11H17N3O4S2. The second-order valence-corrected chi connectivity index (χ2v) is 8.69. The Labute approximate surface area is 118 Å². The van der Waals surface area contributed by atoms with Gasteiger partial charge in [-0.05, 0) is 25.1 Å². The molecule has 1 aromatic rings. The van der Waals surface area contributed by atoms with Gasteiger partial charge in [-0.1, -0.05) is 0 Å². The number of hydrogen-bond donors (Lipinski definition) is 2. The molecule has 0 aliphatic carbocycles. The molecule has 7 nitrogen and oxygen atoms in total. The Morgan fingerprint density at radius 3 is 2.55 bits per heavy atom. The summed E-state index contributed by atoms with van der Waals surface area (Å²) in [5, 5.41) is 5.20. The molecule has 0 radical (unpaired) electrons. The number of benzene rings is 1. The zero-order chi connectivity index (χ0) is 15.1. The molecule has 0 bridgehead atoms. The summed E-state index contributed by atoms with van der Waals surface area (Å²) in [4.78, 5) is 1.66. The Hall–Kier alpha value is -1.32. The molecule has 112 valence electrons. The summed E-state index contributed by atoms with van der Waals surface area (Å²) in [6.07, 6.45) is 0. The maximum absolute atomic E-state index is 11.7. The van der Waals surface area contributed by atoms with Crippen LogP contribution in [-0.4, -0.2) is 40.9 Å². The first-order valence-electron chi connectivity index (χ1n) is 5.99. The zero-order valence-electron chi connectivity index (χ0n) is 11.0. The van der Waals surface area contributed by atoms with E-state index in [-0.39, 0.29) is 34.7 Å². The minimum Gasteiger partial charge on any atom is -0.399 e. The summed E-state index contributed by atoms with van der Waals surface area (Å²) in [6, 6.07) is 4.10. The number of sulfonamides is 1. The highest BCUT2D eigenvalue weighted by molar-refractivity contribution is 7.91. The number of anilines is 2. The largest absolute Gasteiger partial charge is 0.399 e. The van der Waals surface area contributed by atoms with Crippen LogP contribution in [0.4, 0.5) is 11.4 Å². The van der Waals surface area contributed by atoms with Gasteiger partial charge in [0.15, 0.2) is 9.84 Å². The van der Waals surface area contributed by atoms with E-state index in [4.69, 9.17) is 10.9 Å². The highest BCUT2D eigenvalue weighted by Gasteiger charge is 2.31.